The van der Waals surface area contributed by atoms with Gasteiger partial charge in [0, 0.05) is 30.5 Å². The van der Waals surface area contributed by atoms with Crippen LogP contribution in [0.5, 0.6) is 0 Å². The van der Waals surface area contributed by atoms with Crippen LogP contribution in [0.2, 0.25) is 0 Å². The Hall–Kier alpha value is -2.53. The Balaban J connectivity index is 1.45. The van der Waals surface area contributed by atoms with Crippen LogP contribution in [0.4, 0.5) is 17.6 Å². The van der Waals surface area contributed by atoms with E-state index in [4.69, 9.17) is 0 Å². The number of halogens is 4. The molecular weight excluding hydrogens is 562 g/mol. The zero-order valence-electron chi connectivity index (χ0n) is 18.6. The van der Waals surface area contributed by atoms with E-state index in [9.17, 15) is 42.8 Å². The summed E-state index contributed by atoms with van der Waals surface area (Å²) in [4.78, 5) is 1.33. The fourth-order valence-electron chi connectivity index (χ4n) is 4.84. The number of nitrogens with one attached hydrogen (secondary N) is 2. The molecule has 1 aliphatic carbocycles. The van der Waals surface area contributed by atoms with Crippen molar-refractivity contribution in [2.75, 3.05) is 19.6 Å². The molecule has 200 valence electrons. The van der Waals surface area contributed by atoms with E-state index in [2.05, 4.69) is 4.98 Å². The second kappa shape index (κ2) is 8.49. The first-order valence-electron chi connectivity index (χ1n) is 10.8. The summed E-state index contributed by atoms with van der Waals surface area (Å²) in [6, 6.07) is 10.5. The number of H-pyrrole nitrogens is 1. The summed E-state index contributed by atoms with van der Waals surface area (Å²) in [5.74, 6) is -2.35. The van der Waals surface area contributed by atoms with Crippen LogP contribution in [0.15, 0.2) is 63.3 Å². The van der Waals surface area contributed by atoms with E-state index in [1.54, 1.807) is 6.07 Å². The molecule has 2 N–H and O–H groups in total. The molecular formula is C21H19F4N3O6S3. The molecule has 2 atom stereocenters. The topological polar surface area (TPSA) is 133 Å². The van der Waals surface area contributed by atoms with Gasteiger partial charge in [0.25, 0.3) is 10.0 Å². The summed E-state index contributed by atoms with van der Waals surface area (Å²) < 4.78 is 131. The van der Waals surface area contributed by atoms with Gasteiger partial charge in [-0.2, -0.15) is 17.5 Å². The monoisotopic (exact) mass is 581 g/mol. The first-order chi connectivity index (χ1) is 17.2. The van der Waals surface area contributed by atoms with E-state index in [0.717, 1.165) is 16.4 Å². The highest BCUT2D eigenvalue weighted by Crippen LogP contribution is 2.53. The molecule has 1 aliphatic heterocycles. The molecule has 0 bridgehead atoms. The van der Waals surface area contributed by atoms with Gasteiger partial charge in [0.2, 0.25) is 9.84 Å². The van der Waals surface area contributed by atoms with Crippen LogP contribution < -0.4 is 4.72 Å². The summed E-state index contributed by atoms with van der Waals surface area (Å²) in [6.45, 7) is -0.774. The molecule has 1 aromatic heterocycles. The average Bonchev–Trinajstić information content (AvgIpc) is 3.14. The molecule has 0 amide bonds. The van der Waals surface area contributed by atoms with Crippen LogP contribution in [0.3, 0.4) is 0 Å². The van der Waals surface area contributed by atoms with Gasteiger partial charge >= 0.3 is 15.5 Å². The summed E-state index contributed by atoms with van der Waals surface area (Å²) in [7, 11) is -14.6. The Bertz CT molecular complexity index is 1710. The van der Waals surface area contributed by atoms with Gasteiger partial charge in [-0.05, 0) is 36.0 Å². The fraction of sp³-hybridized carbons (Fsp3) is 0.333. The molecule has 3 aromatic rings. The number of sulfone groups is 1. The number of piperidine rings is 1. The molecule has 1 saturated heterocycles. The number of aromatic nitrogens is 1. The van der Waals surface area contributed by atoms with E-state index in [-0.39, 0.29) is 24.0 Å². The van der Waals surface area contributed by atoms with Crippen molar-refractivity contribution < 1.29 is 42.8 Å². The second-order valence-corrected chi connectivity index (χ2v) is 14.4. The fourth-order valence-corrected chi connectivity index (χ4v) is 9.20. The number of rotatable bonds is 7. The number of fused-ring (bicyclic) bond motifs is 2. The lowest BCUT2D eigenvalue weighted by atomic mass is 10.2. The molecule has 5 rings (SSSR count). The van der Waals surface area contributed by atoms with E-state index in [0.29, 0.717) is 0 Å². The van der Waals surface area contributed by atoms with Crippen molar-refractivity contribution in [3.8, 4) is 0 Å². The number of hydrogen-bond acceptors (Lipinski definition) is 6. The van der Waals surface area contributed by atoms with Gasteiger partial charge in [-0.25, -0.2) is 34.4 Å². The molecule has 0 radical (unpaired) electrons. The lowest BCUT2D eigenvalue weighted by Crippen LogP contribution is -2.39. The zero-order chi connectivity index (χ0) is 27.0. The molecule has 2 unspecified atom stereocenters. The van der Waals surface area contributed by atoms with Crippen LogP contribution in [0.1, 0.15) is 0 Å². The summed E-state index contributed by atoms with van der Waals surface area (Å²) in [5, 5.41) is -0.597. The van der Waals surface area contributed by atoms with Crippen LogP contribution in [0, 0.1) is 23.6 Å². The highest BCUT2D eigenvalue weighted by molar-refractivity contribution is 7.93. The van der Waals surface area contributed by atoms with E-state index in [1.807, 2.05) is 0 Å². The van der Waals surface area contributed by atoms with Crippen LogP contribution in [-0.2, 0) is 29.9 Å². The van der Waals surface area contributed by atoms with Gasteiger partial charge in [-0.3, -0.25) is 0 Å². The second-order valence-electron chi connectivity index (χ2n) is 8.87. The highest BCUT2D eigenvalue weighted by Gasteiger charge is 2.59. The van der Waals surface area contributed by atoms with Crippen molar-refractivity contribution in [3.63, 3.8) is 0 Å². The van der Waals surface area contributed by atoms with E-state index >= 15 is 0 Å². The van der Waals surface area contributed by atoms with Gasteiger partial charge < -0.3 is 4.98 Å². The van der Waals surface area contributed by atoms with Crippen molar-refractivity contribution >= 4 is 40.8 Å². The molecule has 2 aromatic carbocycles. The molecule has 0 spiro atoms. The van der Waals surface area contributed by atoms with Crippen LogP contribution in [-0.4, -0.2) is 59.7 Å². The molecule has 1 saturated carbocycles. The minimum atomic E-state index is -5.52. The first kappa shape index (κ1) is 26.1. The third-order valence-electron chi connectivity index (χ3n) is 6.77. The Morgan fingerprint density at radius 2 is 1.51 bits per heavy atom. The minimum Gasteiger partial charge on any atom is -0.343 e. The Morgan fingerprint density at radius 3 is 2.14 bits per heavy atom. The number of benzene rings is 2. The smallest absolute Gasteiger partial charge is 0.343 e. The molecule has 9 nitrogen and oxygen atoms in total. The number of hydrogen-bond donors (Lipinski definition) is 2. The molecule has 2 aliphatic rings. The normalized spacial score (nSPS) is 22.9. The zero-order valence-corrected chi connectivity index (χ0v) is 21.1. The van der Waals surface area contributed by atoms with Gasteiger partial charge in [-0.1, -0.05) is 30.3 Å². The summed E-state index contributed by atoms with van der Waals surface area (Å²) in [5.41, 5.74) is -5.26. The summed E-state index contributed by atoms with van der Waals surface area (Å²) >= 11 is 0. The van der Waals surface area contributed by atoms with Crippen molar-refractivity contribution in [1.82, 2.24) is 14.0 Å². The number of nitrogens with zero attached hydrogens (tertiary/aromatic N) is 1. The lowest BCUT2D eigenvalue weighted by Gasteiger charge is -2.20. The Labute approximate surface area is 209 Å². The third kappa shape index (κ3) is 4.24. The van der Waals surface area contributed by atoms with Crippen molar-refractivity contribution in [2.24, 2.45) is 17.8 Å². The van der Waals surface area contributed by atoms with Gasteiger partial charge in [-0.15, -0.1) is 0 Å². The average molecular weight is 582 g/mol. The Kier molecular flexibility index (Phi) is 5.99. The maximum absolute atomic E-state index is 14.5. The molecule has 2 fully saturated rings. The number of para-hydroxylation sites is 1. The van der Waals surface area contributed by atoms with Gasteiger partial charge in [0.05, 0.1) is 0 Å². The maximum Gasteiger partial charge on any atom is 0.511 e. The predicted octanol–water partition coefficient (Wildman–Crippen LogP) is 2.45. The first-order valence-corrected chi connectivity index (χ1v) is 15.2. The predicted molar refractivity (Wildman–Crippen MR) is 122 cm³/mol. The van der Waals surface area contributed by atoms with Gasteiger partial charge in [0.15, 0.2) is 5.03 Å². The van der Waals surface area contributed by atoms with Crippen molar-refractivity contribution in [1.29, 1.82) is 0 Å². The summed E-state index contributed by atoms with van der Waals surface area (Å²) in [6.07, 6.45) is 0. The number of alkyl halides is 3. The largest absolute Gasteiger partial charge is 0.511 e. The lowest BCUT2D eigenvalue weighted by molar-refractivity contribution is -0.0448. The molecule has 16 heteroatoms. The van der Waals surface area contributed by atoms with Crippen molar-refractivity contribution in [2.45, 2.75) is 20.3 Å². The Morgan fingerprint density at radius 1 is 0.919 bits per heavy atom. The highest BCUT2D eigenvalue weighted by atomic mass is 32.2. The number of sulfonamides is 2. The van der Waals surface area contributed by atoms with E-state index < -0.39 is 80.3 Å². The van der Waals surface area contributed by atoms with Crippen molar-refractivity contribution in [3.05, 3.63) is 54.3 Å². The SMILES string of the molecule is O=S(=O)(c1ccccc1F)c1c(S(=O)(=O)N2CC3C(CNS(=O)(=O)C(F)(F)F)C3C2)[nH]c2ccccc12. The van der Waals surface area contributed by atoms with E-state index in [1.165, 1.54) is 35.1 Å². The quantitative estimate of drug-likeness (QED) is 0.412. The number of aromatic amines is 1. The molecule has 2 heterocycles. The van der Waals surface area contributed by atoms with Crippen LogP contribution in [0.25, 0.3) is 10.9 Å². The third-order valence-corrected chi connectivity index (χ3v) is 11.7. The molecule has 37 heavy (non-hydrogen) atoms. The minimum absolute atomic E-state index is 0.0492. The van der Waals surface area contributed by atoms with Gasteiger partial charge in [0.1, 0.15) is 15.6 Å². The maximum atomic E-state index is 14.5. The van der Waals surface area contributed by atoms with Crippen LogP contribution >= 0.6 is 0 Å². The standard InChI is InChI=1S/C21H19F4N3O6S3/c22-16-6-2-4-8-18(16)35(29,30)19-12-5-1-3-7-17(12)27-20(19)36(31,32)28-10-14-13(15(14)11-28)9-26-37(33,34)21(23,24)25/h1-8,13-15,26-27H,9-11H2.